The van der Waals surface area contributed by atoms with Crippen LogP contribution in [-0.2, 0) is 24.5 Å². The van der Waals surface area contributed by atoms with Crippen molar-refractivity contribution in [2.75, 3.05) is 12.3 Å². The zero-order valence-corrected chi connectivity index (χ0v) is 16.1. The number of β-lactam (4-membered cyclic amide) rings is 1. The number of fused-ring (bicyclic) bond motifs is 1. The molecule has 3 rings (SSSR count). The van der Waals surface area contributed by atoms with Crippen LogP contribution in [0.2, 0.25) is 0 Å². The van der Waals surface area contributed by atoms with Crippen LogP contribution in [-0.4, -0.2) is 69.3 Å². The molecule has 13 heteroatoms. The molecule has 0 bridgehead atoms. The molecule has 0 spiro atoms. The van der Waals surface area contributed by atoms with Gasteiger partial charge in [0.2, 0.25) is 11.8 Å². The highest BCUT2D eigenvalue weighted by atomic mass is 35.5. The first-order valence-corrected chi connectivity index (χ1v) is 11.0. The Labute approximate surface area is 161 Å². The van der Waals surface area contributed by atoms with E-state index < -0.39 is 49.4 Å². The second kappa shape index (κ2) is 6.68. The molecule has 3 heterocycles. The predicted molar refractivity (Wildman–Crippen MR) is 94.7 cm³/mol. The van der Waals surface area contributed by atoms with Gasteiger partial charge < -0.3 is 15.3 Å². The van der Waals surface area contributed by atoms with Crippen LogP contribution in [0.1, 0.15) is 10.8 Å². The molecule has 2 amide bonds. The van der Waals surface area contributed by atoms with E-state index in [0.717, 1.165) is 23.1 Å². The Morgan fingerprint density at radius 2 is 2.15 bits per heavy atom. The van der Waals surface area contributed by atoms with Gasteiger partial charge in [0, 0.05) is 5.75 Å². The molecule has 3 N–H and O–H groups in total. The van der Waals surface area contributed by atoms with Gasteiger partial charge in [0.1, 0.15) is 11.4 Å². The van der Waals surface area contributed by atoms with Gasteiger partial charge >= 0.3 is 5.97 Å². The van der Waals surface area contributed by atoms with Crippen LogP contribution in [0.5, 0.6) is 0 Å². The van der Waals surface area contributed by atoms with Crippen molar-refractivity contribution in [3.05, 3.63) is 22.4 Å². The molecule has 1 aromatic rings. The van der Waals surface area contributed by atoms with Gasteiger partial charge in [-0.05, 0) is 22.4 Å². The van der Waals surface area contributed by atoms with Gasteiger partial charge in [0.05, 0.1) is 6.54 Å². The van der Waals surface area contributed by atoms with Gasteiger partial charge in [-0.1, -0.05) is 0 Å². The summed E-state index contributed by atoms with van der Waals surface area (Å²) in [6.45, 7) is -0.209. The van der Waals surface area contributed by atoms with E-state index in [1.807, 2.05) is 0 Å². The monoisotopic (exact) mass is 440 g/mol. The molecule has 1 aromatic heterocycles. The number of rotatable bonds is 5. The number of thioether (sulfide) groups is 1. The van der Waals surface area contributed by atoms with Crippen molar-refractivity contribution < 1.29 is 32.5 Å². The van der Waals surface area contributed by atoms with E-state index in [2.05, 4.69) is 5.32 Å². The molecule has 3 unspecified atom stereocenters. The molecular weight excluding hydrogens is 428 g/mol. The molecule has 4 atom stereocenters. The lowest BCUT2D eigenvalue weighted by atomic mass is 10.0. The Hall–Kier alpha value is -1.34. The zero-order chi connectivity index (χ0) is 19.3. The highest BCUT2D eigenvalue weighted by Gasteiger charge is 2.57. The maximum absolute atomic E-state index is 12.4. The predicted octanol–water partition coefficient (Wildman–Crippen LogP) is 0.139. The second-order valence-electron chi connectivity index (χ2n) is 5.88. The smallest absolute Gasteiger partial charge is 0.327 e. The standard InChI is InChI=1S/C13H13ClN2O7S3/c14-13(12(19)20)4-16-10(18)7(11(16)25-5-13)15-9(17)8(26(21,22)23)6-1-2-24-3-6/h1-3,7-8,11H,4-5H2,(H,15,17)(H,19,20)(H,21,22,23)/t7?,8?,11-,13?/m1/s1. The Kier molecular flexibility index (Phi) is 4.99. The highest BCUT2D eigenvalue weighted by Crippen LogP contribution is 2.41. The number of amides is 2. The van der Waals surface area contributed by atoms with Crippen molar-refractivity contribution in [2.45, 2.75) is 21.5 Å². The Morgan fingerprint density at radius 1 is 1.46 bits per heavy atom. The highest BCUT2D eigenvalue weighted by molar-refractivity contribution is 8.00. The molecule has 0 radical (unpaired) electrons. The summed E-state index contributed by atoms with van der Waals surface area (Å²) in [5, 5.41) is 12.1. The molecule has 0 aliphatic carbocycles. The summed E-state index contributed by atoms with van der Waals surface area (Å²) < 4.78 is 32.6. The molecule has 0 aromatic carbocycles. The fourth-order valence-corrected chi connectivity index (χ4v) is 6.09. The van der Waals surface area contributed by atoms with Crippen LogP contribution in [0.25, 0.3) is 0 Å². The van der Waals surface area contributed by atoms with Crippen LogP contribution in [0.15, 0.2) is 16.8 Å². The fourth-order valence-electron chi connectivity index (χ4n) is 2.79. The first-order chi connectivity index (χ1) is 12.0. The molecule has 0 saturated carbocycles. The molecule has 2 aliphatic heterocycles. The maximum Gasteiger partial charge on any atom is 0.327 e. The summed E-state index contributed by atoms with van der Waals surface area (Å²) in [6, 6.07) is 0.382. The average molecular weight is 441 g/mol. The molecule has 2 aliphatic rings. The lowest BCUT2D eigenvalue weighted by Gasteiger charge is -2.52. The van der Waals surface area contributed by atoms with Crippen molar-refractivity contribution in [3.63, 3.8) is 0 Å². The first kappa shape index (κ1) is 19.4. The molecule has 26 heavy (non-hydrogen) atoms. The molecule has 2 saturated heterocycles. The number of carboxylic acid groups (broad SMARTS) is 1. The number of hydrogen-bond donors (Lipinski definition) is 3. The Morgan fingerprint density at radius 3 is 2.69 bits per heavy atom. The van der Waals surface area contributed by atoms with E-state index in [-0.39, 0.29) is 17.9 Å². The number of alkyl halides is 1. The van der Waals surface area contributed by atoms with Gasteiger partial charge in [-0.15, -0.1) is 23.4 Å². The summed E-state index contributed by atoms with van der Waals surface area (Å²) in [4.78, 5) is 35.5. The first-order valence-electron chi connectivity index (χ1n) is 7.18. The SMILES string of the molecule is O=C(NC1C(=O)N2CC(Cl)(C(=O)O)CS[C@H]12)C(c1ccsc1)S(=O)(=O)O. The number of halogens is 1. The van der Waals surface area contributed by atoms with Crippen LogP contribution in [0.4, 0.5) is 0 Å². The van der Waals surface area contributed by atoms with Crippen LogP contribution >= 0.6 is 34.7 Å². The van der Waals surface area contributed by atoms with Gasteiger partial charge in [0.15, 0.2) is 10.1 Å². The minimum Gasteiger partial charge on any atom is -0.480 e. The quantitative estimate of drug-likeness (QED) is 0.333. The van der Waals surface area contributed by atoms with E-state index in [1.165, 1.54) is 16.3 Å². The van der Waals surface area contributed by atoms with Crippen molar-refractivity contribution in [2.24, 2.45) is 0 Å². The summed E-state index contributed by atoms with van der Waals surface area (Å²) in [6.07, 6.45) is 0. The molecule has 2 fully saturated rings. The number of carboxylic acids is 1. The number of thiophene rings is 1. The van der Waals surface area contributed by atoms with Crippen molar-refractivity contribution in [1.29, 1.82) is 0 Å². The van der Waals surface area contributed by atoms with Gasteiger partial charge in [-0.2, -0.15) is 19.8 Å². The topological polar surface area (TPSA) is 141 Å². The number of nitrogens with zero attached hydrogens (tertiary/aromatic N) is 1. The third-order valence-electron chi connectivity index (χ3n) is 4.11. The zero-order valence-electron chi connectivity index (χ0n) is 12.9. The van der Waals surface area contributed by atoms with Crippen molar-refractivity contribution in [3.8, 4) is 0 Å². The van der Waals surface area contributed by atoms with Gasteiger partial charge in [-0.25, -0.2) is 0 Å². The fraction of sp³-hybridized carbons (Fsp3) is 0.462. The summed E-state index contributed by atoms with van der Waals surface area (Å²) >= 11 is 8.23. The van der Waals surface area contributed by atoms with E-state index in [9.17, 15) is 27.4 Å². The Bertz CT molecular complexity index is 859. The number of carbonyl (C=O) groups is 3. The lowest BCUT2D eigenvalue weighted by molar-refractivity contribution is -0.152. The third-order valence-corrected chi connectivity index (χ3v) is 7.99. The van der Waals surface area contributed by atoms with Crippen LogP contribution < -0.4 is 5.32 Å². The summed E-state index contributed by atoms with van der Waals surface area (Å²) in [7, 11) is -4.73. The number of hydrogen-bond acceptors (Lipinski definition) is 7. The van der Waals surface area contributed by atoms with E-state index >= 15 is 0 Å². The average Bonchev–Trinajstić information content (AvgIpc) is 3.05. The molecular formula is C13H13ClN2O7S3. The second-order valence-corrected chi connectivity index (χ2v) is 9.99. The van der Waals surface area contributed by atoms with Crippen molar-refractivity contribution >= 4 is 62.6 Å². The third kappa shape index (κ3) is 3.31. The maximum atomic E-state index is 12.4. The van der Waals surface area contributed by atoms with Crippen LogP contribution in [0, 0.1) is 0 Å². The number of carbonyl (C=O) groups excluding carboxylic acids is 2. The van der Waals surface area contributed by atoms with E-state index in [1.54, 1.807) is 5.38 Å². The molecule has 142 valence electrons. The summed E-state index contributed by atoms with van der Waals surface area (Å²) in [5.74, 6) is -2.79. The van der Waals surface area contributed by atoms with E-state index in [0.29, 0.717) is 0 Å². The van der Waals surface area contributed by atoms with Gasteiger partial charge in [-0.3, -0.25) is 18.9 Å². The number of nitrogens with one attached hydrogen (secondary N) is 1. The Balaban J connectivity index is 1.73. The van der Waals surface area contributed by atoms with Gasteiger partial charge in [0.25, 0.3) is 10.1 Å². The van der Waals surface area contributed by atoms with Crippen molar-refractivity contribution in [1.82, 2.24) is 10.2 Å². The number of aliphatic carboxylic acids is 1. The normalized spacial score (nSPS) is 29.5. The minimum absolute atomic E-state index is 0.0248. The van der Waals surface area contributed by atoms with E-state index in [4.69, 9.17) is 16.7 Å². The largest absolute Gasteiger partial charge is 0.480 e. The molecule has 9 nitrogen and oxygen atoms in total. The van der Waals surface area contributed by atoms with Crippen LogP contribution in [0.3, 0.4) is 0 Å². The summed E-state index contributed by atoms with van der Waals surface area (Å²) in [5.41, 5.74) is 0.0978. The minimum atomic E-state index is -4.73. The lowest BCUT2D eigenvalue weighted by Crippen LogP contribution is -2.74.